The van der Waals surface area contributed by atoms with Crippen molar-refractivity contribution in [3.63, 3.8) is 0 Å². The molecule has 0 unspecified atom stereocenters. The number of ether oxygens (including phenoxy) is 2. The molecule has 0 aliphatic heterocycles. The molecule has 0 amide bonds. The van der Waals surface area contributed by atoms with Crippen molar-refractivity contribution < 1.29 is 18.7 Å². The third kappa shape index (κ3) is 4.34. The van der Waals surface area contributed by atoms with E-state index in [2.05, 4.69) is 0 Å². The first kappa shape index (κ1) is 18.0. The van der Waals surface area contributed by atoms with E-state index in [0.29, 0.717) is 12.2 Å². The quantitative estimate of drug-likeness (QED) is 0.538. The Hall–Kier alpha value is -2.36. The lowest BCUT2D eigenvalue weighted by Gasteiger charge is -2.15. The molecule has 0 aliphatic carbocycles. The topological polar surface area (TPSA) is 35.5 Å². The lowest BCUT2D eigenvalue weighted by atomic mass is 10.0. The minimum absolute atomic E-state index is 0.152. The van der Waals surface area contributed by atoms with E-state index in [1.807, 2.05) is 32.0 Å². The van der Waals surface area contributed by atoms with Crippen molar-refractivity contribution in [1.29, 1.82) is 0 Å². The molecular formula is C20H23FO3. The third-order valence-corrected chi connectivity index (χ3v) is 3.90. The Morgan fingerprint density at radius 3 is 2.46 bits per heavy atom. The Bertz CT molecular complexity index is 710. The van der Waals surface area contributed by atoms with Gasteiger partial charge in [0.1, 0.15) is 12.4 Å². The van der Waals surface area contributed by atoms with Crippen molar-refractivity contribution in [1.82, 2.24) is 0 Å². The highest BCUT2D eigenvalue weighted by Crippen LogP contribution is 2.27. The summed E-state index contributed by atoms with van der Waals surface area (Å²) in [6.45, 7) is 5.88. The van der Waals surface area contributed by atoms with Crippen molar-refractivity contribution in [3.05, 3.63) is 58.9 Å². The molecule has 0 aromatic heterocycles. The monoisotopic (exact) mass is 330 g/mol. The Morgan fingerprint density at radius 1 is 1.04 bits per heavy atom. The standard InChI is InChI=1S/C20H23FO3/c1-4-14-10-11-19(17(21)12-14)23-13-16-15(5-2)8-7-9-18(16)24-20(22)6-3/h7-12H,4-6,13H2,1-3H3. The maximum absolute atomic E-state index is 14.1. The number of halogens is 1. The maximum Gasteiger partial charge on any atom is 0.310 e. The van der Waals surface area contributed by atoms with Gasteiger partial charge in [-0.3, -0.25) is 4.79 Å². The number of aryl methyl sites for hydroxylation is 2. The van der Waals surface area contributed by atoms with Gasteiger partial charge in [-0.1, -0.05) is 39.0 Å². The van der Waals surface area contributed by atoms with Crippen LogP contribution in [-0.2, 0) is 24.2 Å². The normalized spacial score (nSPS) is 10.5. The van der Waals surface area contributed by atoms with Gasteiger partial charge in [0.2, 0.25) is 0 Å². The minimum Gasteiger partial charge on any atom is -0.486 e. The van der Waals surface area contributed by atoms with Crippen LogP contribution in [0.1, 0.15) is 43.9 Å². The van der Waals surface area contributed by atoms with Crippen LogP contribution in [0.4, 0.5) is 4.39 Å². The van der Waals surface area contributed by atoms with E-state index in [0.717, 1.165) is 29.5 Å². The highest BCUT2D eigenvalue weighted by atomic mass is 19.1. The predicted octanol–water partition coefficient (Wildman–Crippen LogP) is 4.84. The van der Waals surface area contributed by atoms with E-state index in [1.54, 1.807) is 19.1 Å². The van der Waals surface area contributed by atoms with Gasteiger partial charge in [-0.05, 0) is 42.2 Å². The summed E-state index contributed by atoms with van der Waals surface area (Å²) in [5.74, 6) is -0.00363. The van der Waals surface area contributed by atoms with Crippen molar-refractivity contribution in [2.24, 2.45) is 0 Å². The number of hydrogen-bond acceptors (Lipinski definition) is 3. The molecule has 4 heteroatoms. The van der Waals surface area contributed by atoms with Gasteiger partial charge in [-0.2, -0.15) is 0 Å². The molecule has 0 N–H and O–H groups in total. The highest BCUT2D eigenvalue weighted by molar-refractivity contribution is 5.72. The van der Waals surface area contributed by atoms with Gasteiger partial charge in [0, 0.05) is 12.0 Å². The fraction of sp³-hybridized carbons (Fsp3) is 0.350. The summed E-state index contributed by atoms with van der Waals surface area (Å²) in [7, 11) is 0. The number of carbonyl (C=O) groups excluding carboxylic acids is 1. The molecule has 128 valence electrons. The van der Waals surface area contributed by atoms with Crippen LogP contribution in [0.15, 0.2) is 36.4 Å². The zero-order valence-electron chi connectivity index (χ0n) is 14.4. The summed E-state index contributed by atoms with van der Waals surface area (Å²) >= 11 is 0. The fourth-order valence-electron chi connectivity index (χ4n) is 2.43. The van der Waals surface area contributed by atoms with Crippen molar-refractivity contribution in [3.8, 4) is 11.5 Å². The van der Waals surface area contributed by atoms with Crippen molar-refractivity contribution in [2.75, 3.05) is 0 Å². The van der Waals surface area contributed by atoms with Crippen LogP contribution in [0, 0.1) is 5.82 Å². The maximum atomic E-state index is 14.1. The average Bonchev–Trinajstić information content (AvgIpc) is 2.60. The van der Waals surface area contributed by atoms with Crippen LogP contribution >= 0.6 is 0 Å². The van der Waals surface area contributed by atoms with Crippen LogP contribution in [0.25, 0.3) is 0 Å². The van der Waals surface area contributed by atoms with Gasteiger partial charge in [-0.15, -0.1) is 0 Å². The largest absolute Gasteiger partial charge is 0.486 e. The van der Waals surface area contributed by atoms with Crippen LogP contribution in [0.3, 0.4) is 0 Å². The fourth-order valence-corrected chi connectivity index (χ4v) is 2.43. The van der Waals surface area contributed by atoms with Gasteiger partial charge in [0.25, 0.3) is 0 Å². The second kappa shape index (κ2) is 8.48. The molecule has 3 nitrogen and oxygen atoms in total. The second-order valence-corrected chi connectivity index (χ2v) is 5.48. The second-order valence-electron chi connectivity index (χ2n) is 5.48. The van der Waals surface area contributed by atoms with E-state index < -0.39 is 0 Å². The summed E-state index contributed by atoms with van der Waals surface area (Å²) in [5.41, 5.74) is 2.72. The third-order valence-electron chi connectivity index (χ3n) is 3.90. The molecule has 2 rings (SSSR count). The van der Waals surface area contributed by atoms with Gasteiger partial charge >= 0.3 is 5.97 Å². The first-order valence-corrected chi connectivity index (χ1v) is 8.31. The molecular weight excluding hydrogens is 307 g/mol. The highest BCUT2D eigenvalue weighted by Gasteiger charge is 2.13. The summed E-state index contributed by atoms with van der Waals surface area (Å²) in [5, 5.41) is 0. The van der Waals surface area contributed by atoms with Gasteiger partial charge < -0.3 is 9.47 Å². The number of esters is 1. The van der Waals surface area contributed by atoms with Gasteiger partial charge in [0.05, 0.1) is 0 Å². The van der Waals surface area contributed by atoms with Gasteiger partial charge in [0.15, 0.2) is 11.6 Å². The molecule has 0 fully saturated rings. The van der Waals surface area contributed by atoms with E-state index >= 15 is 0 Å². The molecule has 2 aromatic carbocycles. The van der Waals surface area contributed by atoms with E-state index in [1.165, 1.54) is 6.07 Å². The van der Waals surface area contributed by atoms with Crippen LogP contribution in [0.2, 0.25) is 0 Å². The van der Waals surface area contributed by atoms with Crippen LogP contribution < -0.4 is 9.47 Å². The number of carbonyl (C=O) groups is 1. The van der Waals surface area contributed by atoms with Gasteiger partial charge in [-0.25, -0.2) is 4.39 Å². The van der Waals surface area contributed by atoms with E-state index in [9.17, 15) is 9.18 Å². The molecule has 24 heavy (non-hydrogen) atoms. The minimum atomic E-state index is -0.379. The lowest BCUT2D eigenvalue weighted by molar-refractivity contribution is -0.134. The molecule has 0 saturated carbocycles. The molecule has 0 aliphatic rings. The van der Waals surface area contributed by atoms with Crippen LogP contribution in [0.5, 0.6) is 11.5 Å². The van der Waals surface area contributed by atoms with Crippen molar-refractivity contribution in [2.45, 2.75) is 46.6 Å². The summed E-state index contributed by atoms with van der Waals surface area (Å²) in [6.07, 6.45) is 1.84. The van der Waals surface area contributed by atoms with E-state index in [-0.39, 0.29) is 24.1 Å². The zero-order valence-corrected chi connectivity index (χ0v) is 14.4. The summed E-state index contributed by atoms with van der Waals surface area (Å²) in [6, 6.07) is 10.5. The number of benzene rings is 2. The molecule has 0 spiro atoms. The van der Waals surface area contributed by atoms with E-state index in [4.69, 9.17) is 9.47 Å². The van der Waals surface area contributed by atoms with Crippen molar-refractivity contribution >= 4 is 5.97 Å². The Morgan fingerprint density at radius 2 is 1.83 bits per heavy atom. The summed E-state index contributed by atoms with van der Waals surface area (Å²) < 4.78 is 25.1. The lowest BCUT2D eigenvalue weighted by Crippen LogP contribution is -2.10. The SMILES string of the molecule is CCC(=O)Oc1cccc(CC)c1COc1ccc(CC)cc1F. The summed E-state index contributed by atoms with van der Waals surface area (Å²) in [4.78, 5) is 11.6. The Kier molecular flexibility index (Phi) is 6.36. The molecule has 0 heterocycles. The molecule has 0 atom stereocenters. The molecule has 0 bridgehead atoms. The molecule has 0 radical (unpaired) electrons. The average molecular weight is 330 g/mol. The molecule has 0 saturated heterocycles. The zero-order chi connectivity index (χ0) is 17.5. The Labute approximate surface area is 142 Å². The number of hydrogen-bond donors (Lipinski definition) is 0. The first-order valence-electron chi connectivity index (χ1n) is 8.31. The Balaban J connectivity index is 2.23. The smallest absolute Gasteiger partial charge is 0.310 e. The molecule has 2 aromatic rings. The predicted molar refractivity (Wildman–Crippen MR) is 91.9 cm³/mol. The number of rotatable bonds is 7. The van der Waals surface area contributed by atoms with Crippen LogP contribution in [-0.4, -0.2) is 5.97 Å². The first-order chi connectivity index (χ1) is 11.6.